The number of hydrogen-bond acceptors (Lipinski definition) is 7. The van der Waals surface area contributed by atoms with Gasteiger partial charge in [-0.15, -0.1) is 0 Å². The Labute approximate surface area is 233 Å². The number of nitrogens with zero attached hydrogens (tertiary/aromatic N) is 4. The average molecular weight is 546 g/mol. The highest BCUT2D eigenvalue weighted by Gasteiger charge is 2.39. The number of nitrogens with one attached hydrogen (secondary N) is 1. The van der Waals surface area contributed by atoms with Gasteiger partial charge >= 0.3 is 0 Å². The lowest BCUT2D eigenvalue weighted by atomic mass is 10.0. The summed E-state index contributed by atoms with van der Waals surface area (Å²) in [5.74, 6) is 0.494. The zero-order chi connectivity index (χ0) is 27.6. The van der Waals surface area contributed by atoms with Crippen LogP contribution in [0.3, 0.4) is 0 Å². The number of carbonyl (C=O) groups excluding carboxylic acids is 4. The van der Waals surface area contributed by atoms with Crippen molar-refractivity contribution < 1.29 is 23.9 Å². The van der Waals surface area contributed by atoms with Crippen molar-refractivity contribution in [2.45, 2.75) is 70.0 Å². The van der Waals surface area contributed by atoms with Crippen LogP contribution >= 0.6 is 0 Å². The fraction of sp³-hybridized carbons (Fsp3) is 0.500. The number of fused-ring (bicyclic) bond motifs is 1. The van der Waals surface area contributed by atoms with Crippen molar-refractivity contribution in [2.24, 2.45) is 0 Å². The molecule has 1 N–H and O–H groups in total. The second-order valence-electron chi connectivity index (χ2n) is 11.1. The summed E-state index contributed by atoms with van der Waals surface area (Å²) in [4.78, 5) is 60.8. The van der Waals surface area contributed by atoms with Crippen molar-refractivity contribution in [3.63, 3.8) is 0 Å². The SMILES string of the molecule is O=C1CCC(N2Cc3cc(OC[C@@H]4CCCCN4C(=O)c4cccc(N5CCCCC5)n4)ccc3C2=O)C(=O)N1. The lowest BCUT2D eigenvalue weighted by Crippen LogP contribution is -2.52. The minimum atomic E-state index is -0.647. The smallest absolute Gasteiger partial charge is 0.272 e. The van der Waals surface area contributed by atoms with Gasteiger partial charge in [0.2, 0.25) is 11.8 Å². The van der Waals surface area contributed by atoms with Crippen molar-refractivity contribution >= 4 is 29.4 Å². The second-order valence-corrected chi connectivity index (χ2v) is 11.1. The molecule has 0 spiro atoms. The lowest BCUT2D eigenvalue weighted by molar-refractivity contribution is -0.136. The van der Waals surface area contributed by atoms with E-state index in [0.717, 1.165) is 56.6 Å². The number of imide groups is 1. The predicted octanol–water partition coefficient (Wildman–Crippen LogP) is 2.91. The Balaban J connectivity index is 1.11. The van der Waals surface area contributed by atoms with Crippen LogP contribution in [0.25, 0.3) is 0 Å². The summed E-state index contributed by atoms with van der Waals surface area (Å²) in [6.45, 7) is 3.26. The fourth-order valence-corrected chi connectivity index (χ4v) is 6.26. The minimum absolute atomic E-state index is 0.0633. The number of likely N-dealkylation sites (tertiary alicyclic amines) is 1. The van der Waals surface area contributed by atoms with E-state index in [-0.39, 0.29) is 30.2 Å². The van der Waals surface area contributed by atoms with Gasteiger partial charge in [0.25, 0.3) is 11.8 Å². The summed E-state index contributed by atoms with van der Waals surface area (Å²) < 4.78 is 6.18. The van der Waals surface area contributed by atoms with E-state index >= 15 is 0 Å². The highest BCUT2D eigenvalue weighted by Crippen LogP contribution is 2.31. The molecule has 4 aliphatic rings. The normalized spacial score (nSPS) is 23.2. The predicted molar refractivity (Wildman–Crippen MR) is 147 cm³/mol. The number of benzene rings is 1. The molecule has 0 aliphatic carbocycles. The Kier molecular flexibility index (Phi) is 7.40. The monoisotopic (exact) mass is 545 g/mol. The molecule has 3 fully saturated rings. The van der Waals surface area contributed by atoms with E-state index in [0.29, 0.717) is 43.1 Å². The van der Waals surface area contributed by atoms with Crippen LogP contribution < -0.4 is 15.0 Å². The van der Waals surface area contributed by atoms with Crippen LogP contribution in [0.15, 0.2) is 36.4 Å². The summed E-state index contributed by atoms with van der Waals surface area (Å²) in [7, 11) is 0. The van der Waals surface area contributed by atoms with Crippen LogP contribution in [0.1, 0.15) is 77.8 Å². The van der Waals surface area contributed by atoms with Crippen LogP contribution in [-0.2, 0) is 16.1 Å². The Bertz CT molecular complexity index is 1320. The number of anilines is 1. The maximum Gasteiger partial charge on any atom is 0.272 e. The lowest BCUT2D eigenvalue weighted by Gasteiger charge is -2.35. The first-order chi connectivity index (χ1) is 19.5. The maximum atomic E-state index is 13.6. The van der Waals surface area contributed by atoms with E-state index in [1.807, 2.05) is 23.1 Å². The zero-order valence-electron chi connectivity index (χ0n) is 22.6. The van der Waals surface area contributed by atoms with Crippen molar-refractivity contribution in [3.8, 4) is 5.75 Å². The Morgan fingerprint density at radius 2 is 1.80 bits per heavy atom. The fourth-order valence-electron chi connectivity index (χ4n) is 6.26. The molecule has 0 radical (unpaired) electrons. The molecule has 5 heterocycles. The van der Waals surface area contributed by atoms with Gasteiger partial charge in [-0.2, -0.15) is 0 Å². The van der Waals surface area contributed by atoms with Gasteiger partial charge in [-0.3, -0.25) is 24.5 Å². The van der Waals surface area contributed by atoms with E-state index in [1.54, 1.807) is 18.2 Å². The van der Waals surface area contributed by atoms with Gasteiger partial charge in [-0.05, 0) is 80.8 Å². The third-order valence-corrected chi connectivity index (χ3v) is 8.46. The van der Waals surface area contributed by atoms with Crippen LogP contribution in [0, 0.1) is 0 Å². The van der Waals surface area contributed by atoms with Gasteiger partial charge < -0.3 is 19.4 Å². The Morgan fingerprint density at radius 3 is 2.62 bits per heavy atom. The summed E-state index contributed by atoms with van der Waals surface area (Å²) in [5.41, 5.74) is 1.81. The first kappa shape index (κ1) is 26.3. The molecular weight excluding hydrogens is 510 g/mol. The van der Waals surface area contributed by atoms with E-state index in [2.05, 4.69) is 10.2 Å². The van der Waals surface area contributed by atoms with Gasteiger partial charge in [-0.25, -0.2) is 4.98 Å². The molecule has 0 bridgehead atoms. The van der Waals surface area contributed by atoms with E-state index in [9.17, 15) is 19.2 Å². The molecule has 10 heteroatoms. The molecule has 40 heavy (non-hydrogen) atoms. The van der Waals surface area contributed by atoms with E-state index in [4.69, 9.17) is 9.72 Å². The summed E-state index contributed by atoms with van der Waals surface area (Å²) >= 11 is 0. The number of pyridine rings is 1. The Morgan fingerprint density at radius 1 is 0.975 bits per heavy atom. The molecule has 0 saturated carbocycles. The largest absolute Gasteiger partial charge is 0.491 e. The van der Waals surface area contributed by atoms with Crippen LogP contribution in [0.2, 0.25) is 0 Å². The molecule has 1 aromatic carbocycles. The number of carbonyl (C=O) groups is 4. The van der Waals surface area contributed by atoms with Crippen molar-refractivity contribution in [1.29, 1.82) is 0 Å². The van der Waals surface area contributed by atoms with Crippen molar-refractivity contribution in [3.05, 3.63) is 53.2 Å². The average Bonchev–Trinajstić information content (AvgIpc) is 3.31. The number of hydrogen-bond donors (Lipinski definition) is 1. The molecule has 2 atom stereocenters. The van der Waals surface area contributed by atoms with Gasteiger partial charge in [0.05, 0.1) is 6.04 Å². The molecule has 3 saturated heterocycles. The molecule has 4 aliphatic heterocycles. The second kappa shape index (κ2) is 11.3. The molecule has 1 aromatic heterocycles. The number of rotatable bonds is 6. The minimum Gasteiger partial charge on any atom is -0.491 e. The number of aromatic nitrogens is 1. The standard InChI is InChI=1S/C30H35N5O5/c36-27-13-12-25(28(37)32-27)35-18-20-17-22(10-11-23(20)29(35)38)40-19-21-7-2-5-16-34(21)30(39)24-8-6-9-26(31-24)33-14-3-1-4-15-33/h6,8-11,17,21,25H,1-5,7,12-16,18-19H2,(H,32,36,37)/t21-,25?/m0/s1. The van der Waals surface area contributed by atoms with Crippen LogP contribution in [0.5, 0.6) is 5.75 Å². The van der Waals surface area contributed by atoms with Crippen molar-refractivity contribution in [1.82, 2.24) is 20.1 Å². The molecule has 2 aromatic rings. The quantitative estimate of drug-likeness (QED) is 0.556. The van der Waals surface area contributed by atoms with Gasteiger partial charge in [0.15, 0.2) is 0 Å². The van der Waals surface area contributed by atoms with E-state index < -0.39 is 11.9 Å². The van der Waals surface area contributed by atoms with Crippen molar-refractivity contribution in [2.75, 3.05) is 31.1 Å². The number of amides is 4. The van der Waals surface area contributed by atoms with Gasteiger partial charge in [0.1, 0.15) is 29.9 Å². The zero-order valence-corrected chi connectivity index (χ0v) is 22.6. The first-order valence-corrected chi connectivity index (χ1v) is 14.4. The van der Waals surface area contributed by atoms with Gasteiger partial charge in [-0.1, -0.05) is 6.07 Å². The maximum absolute atomic E-state index is 13.6. The summed E-state index contributed by atoms with van der Waals surface area (Å²) in [6, 6.07) is 10.3. The molecule has 1 unspecified atom stereocenters. The Hall–Kier alpha value is -3.95. The molecule has 10 nitrogen and oxygen atoms in total. The molecular formula is C30H35N5O5. The topological polar surface area (TPSA) is 112 Å². The molecule has 210 valence electrons. The van der Waals surface area contributed by atoms with Gasteiger partial charge in [0, 0.05) is 38.2 Å². The van der Waals surface area contributed by atoms with Crippen LogP contribution in [-0.4, -0.2) is 76.7 Å². The third kappa shape index (κ3) is 5.26. The van der Waals surface area contributed by atoms with E-state index in [1.165, 1.54) is 11.3 Å². The third-order valence-electron chi connectivity index (χ3n) is 8.46. The molecule has 6 rings (SSSR count). The first-order valence-electron chi connectivity index (χ1n) is 14.4. The number of ether oxygens (including phenoxy) is 1. The number of piperidine rings is 3. The highest BCUT2D eigenvalue weighted by atomic mass is 16.5. The highest BCUT2D eigenvalue weighted by molar-refractivity contribution is 6.05. The van der Waals surface area contributed by atoms with Crippen LogP contribution in [0.4, 0.5) is 5.82 Å². The summed E-state index contributed by atoms with van der Waals surface area (Å²) in [5, 5.41) is 2.33. The molecule has 4 amide bonds. The summed E-state index contributed by atoms with van der Waals surface area (Å²) in [6.07, 6.45) is 6.92.